The standard InChI is InChI=1S/C57H34O2/c1-3-14-38(15-4-1)57(39-16-5-2-6-17-39)49-23-10-9-19-42(49)43-28-26-37(34-50(43)57)36-27-31-51-48(33-36)46-21-11-20-44-41(30-32-53(58-51)54(44)46)45-22-12-24-52-55(45)47-29-25-35-13-7-8-18-40(35)56(47)59-52/h1-34H. The Balaban J connectivity index is 0.988. The van der Waals surface area contributed by atoms with Gasteiger partial charge in [0.2, 0.25) is 0 Å². The molecule has 1 aliphatic heterocycles. The fourth-order valence-electron chi connectivity index (χ4n) is 10.4. The summed E-state index contributed by atoms with van der Waals surface area (Å²) in [7, 11) is 0. The molecule has 11 aromatic rings. The maximum Gasteiger partial charge on any atom is 0.143 e. The molecule has 0 saturated carbocycles. The summed E-state index contributed by atoms with van der Waals surface area (Å²) in [4.78, 5) is 0. The first-order valence-electron chi connectivity index (χ1n) is 20.3. The summed E-state index contributed by atoms with van der Waals surface area (Å²) in [5, 5.41) is 6.85. The molecule has 274 valence electrons. The van der Waals surface area contributed by atoms with E-state index in [0.717, 1.165) is 71.8 Å². The van der Waals surface area contributed by atoms with Crippen molar-refractivity contribution < 1.29 is 9.15 Å². The van der Waals surface area contributed by atoms with E-state index in [0.29, 0.717) is 0 Å². The highest BCUT2D eigenvalue weighted by Gasteiger charge is 2.46. The Labute approximate surface area is 341 Å². The Bertz CT molecular complexity index is 3480. The molecular formula is C57H34O2. The Morgan fingerprint density at radius 2 is 0.966 bits per heavy atom. The second-order valence-corrected chi connectivity index (χ2v) is 15.9. The zero-order valence-electron chi connectivity index (χ0n) is 31.9. The van der Waals surface area contributed by atoms with Gasteiger partial charge in [0.05, 0.1) is 5.41 Å². The van der Waals surface area contributed by atoms with Crippen molar-refractivity contribution in [1.29, 1.82) is 0 Å². The van der Waals surface area contributed by atoms with Gasteiger partial charge in [-0.1, -0.05) is 170 Å². The lowest BCUT2D eigenvalue weighted by molar-refractivity contribution is 0.487. The monoisotopic (exact) mass is 750 g/mol. The fourth-order valence-corrected chi connectivity index (χ4v) is 10.4. The fraction of sp³-hybridized carbons (Fsp3) is 0.0175. The molecule has 0 fully saturated rings. The summed E-state index contributed by atoms with van der Waals surface area (Å²) < 4.78 is 13.4. The van der Waals surface area contributed by atoms with E-state index < -0.39 is 5.41 Å². The molecule has 0 atom stereocenters. The molecule has 0 saturated heterocycles. The summed E-state index contributed by atoms with van der Waals surface area (Å²) in [6.07, 6.45) is 0. The molecule has 2 heteroatoms. The number of fused-ring (bicyclic) bond motifs is 10. The van der Waals surface area contributed by atoms with E-state index in [-0.39, 0.29) is 0 Å². The van der Waals surface area contributed by atoms with Crippen molar-refractivity contribution in [2.24, 2.45) is 0 Å². The lowest BCUT2D eigenvalue weighted by Crippen LogP contribution is -2.28. The van der Waals surface area contributed by atoms with Crippen LogP contribution in [0.15, 0.2) is 211 Å². The van der Waals surface area contributed by atoms with Gasteiger partial charge in [0.25, 0.3) is 0 Å². The van der Waals surface area contributed by atoms with Gasteiger partial charge in [-0.3, -0.25) is 0 Å². The number of hydrogen-bond donors (Lipinski definition) is 0. The molecule has 1 aliphatic carbocycles. The highest BCUT2D eigenvalue weighted by Crippen LogP contribution is 2.57. The van der Waals surface area contributed by atoms with Gasteiger partial charge in [-0.2, -0.15) is 0 Å². The quantitative estimate of drug-likeness (QED) is 0.179. The van der Waals surface area contributed by atoms with Gasteiger partial charge in [0.1, 0.15) is 22.7 Å². The van der Waals surface area contributed by atoms with Crippen molar-refractivity contribution in [3.05, 3.63) is 229 Å². The maximum atomic E-state index is 6.77. The van der Waals surface area contributed by atoms with Crippen molar-refractivity contribution in [1.82, 2.24) is 0 Å². The predicted octanol–water partition coefficient (Wildman–Crippen LogP) is 15.4. The average molecular weight is 751 g/mol. The predicted molar refractivity (Wildman–Crippen MR) is 242 cm³/mol. The summed E-state index contributed by atoms with van der Waals surface area (Å²) in [6.45, 7) is 0. The minimum Gasteiger partial charge on any atom is -0.456 e. The van der Waals surface area contributed by atoms with Crippen molar-refractivity contribution in [3.8, 4) is 56.0 Å². The molecule has 59 heavy (non-hydrogen) atoms. The second-order valence-electron chi connectivity index (χ2n) is 15.9. The molecule has 10 aromatic carbocycles. The van der Waals surface area contributed by atoms with Crippen LogP contribution in [0, 0.1) is 0 Å². The Morgan fingerprint density at radius 1 is 0.339 bits per heavy atom. The van der Waals surface area contributed by atoms with Crippen LogP contribution in [0.4, 0.5) is 0 Å². The number of rotatable bonds is 4. The van der Waals surface area contributed by atoms with Crippen LogP contribution in [0.5, 0.6) is 11.5 Å². The van der Waals surface area contributed by atoms with Crippen LogP contribution in [-0.2, 0) is 5.41 Å². The van der Waals surface area contributed by atoms with Gasteiger partial charge in [0.15, 0.2) is 0 Å². The summed E-state index contributed by atoms with van der Waals surface area (Å²) in [5.74, 6) is 1.74. The van der Waals surface area contributed by atoms with Crippen LogP contribution < -0.4 is 4.74 Å². The highest BCUT2D eigenvalue weighted by molar-refractivity contribution is 6.21. The van der Waals surface area contributed by atoms with Crippen LogP contribution >= 0.6 is 0 Å². The topological polar surface area (TPSA) is 22.4 Å². The highest BCUT2D eigenvalue weighted by atomic mass is 16.5. The van der Waals surface area contributed by atoms with E-state index in [1.54, 1.807) is 0 Å². The Kier molecular flexibility index (Phi) is 6.68. The van der Waals surface area contributed by atoms with Crippen LogP contribution in [0.3, 0.4) is 0 Å². The molecule has 13 rings (SSSR count). The van der Waals surface area contributed by atoms with E-state index in [1.807, 2.05) is 0 Å². The van der Waals surface area contributed by atoms with E-state index in [2.05, 4.69) is 206 Å². The van der Waals surface area contributed by atoms with Gasteiger partial charge in [0, 0.05) is 27.1 Å². The normalized spacial score (nSPS) is 13.4. The average Bonchev–Trinajstić information content (AvgIpc) is 3.84. The molecule has 0 spiro atoms. The van der Waals surface area contributed by atoms with E-state index >= 15 is 0 Å². The first-order chi connectivity index (χ1) is 29.3. The maximum absolute atomic E-state index is 6.77. The summed E-state index contributed by atoms with van der Waals surface area (Å²) in [5.41, 5.74) is 16.0. The zero-order chi connectivity index (χ0) is 38.7. The van der Waals surface area contributed by atoms with E-state index in [1.165, 1.54) is 49.9 Å². The molecular weight excluding hydrogens is 717 g/mol. The zero-order valence-corrected chi connectivity index (χ0v) is 31.9. The van der Waals surface area contributed by atoms with Crippen LogP contribution in [-0.4, -0.2) is 0 Å². The number of ether oxygens (including phenoxy) is 1. The number of furan rings is 1. The summed E-state index contributed by atoms with van der Waals surface area (Å²) in [6, 6.07) is 75.0. The lowest BCUT2D eigenvalue weighted by Gasteiger charge is -2.34. The minimum absolute atomic E-state index is 0.459. The van der Waals surface area contributed by atoms with Crippen LogP contribution in [0.1, 0.15) is 22.3 Å². The van der Waals surface area contributed by atoms with Gasteiger partial charge in [-0.25, -0.2) is 0 Å². The minimum atomic E-state index is -0.459. The third-order valence-electron chi connectivity index (χ3n) is 13.0. The largest absolute Gasteiger partial charge is 0.456 e. The van der Waals surface area contributed by atoms with E-state index in [9.17, 15) is 0 Å². The lowest BCUT2D eigenvalue weighted by atomic mass is 9.67. The SMILES string of the molecule is c1ccc(C2(c3ccccc3)c3ccccc3-c3ccc(-c4ccc5c(c4)-c4cccc6c(-c7cccc8oc9c%10ccccc%10ccc9c78)ccc(c46)O5)cc32)cc1. The number of benzene rings is 10. The van der Waals surface area contributed by atoms with Crippen LogP contribution in [0.25, 0.3) is 88.0 Å². The van der Waals surface area contributed by atoms with Gasteiger partial charge >= 0.3 is 0 Å². The third kappa shape index (κ3) is 4.46. The first kappa shape index (κ1) is 32.4. The molecule has 2 nitrogen and oxygen atoms in total. The Morgan fingerprint density at radius 3 is 1.81 bits per heavy atom. The summed E-state index contributed by atoms with van der Waals surface area (Å²) >= 11 is 0. The molecule has 1 aromatic heterocycles. The molecule has 2 aliphatic rings. The molecule has 0 amide bonds. The third-order valence-corrected chi connectivity index (χ3v) is 13.0. The van der Waals surface area contributed by atoms with Crippen LogP contribution in [0.2, 0.25) is 0 Å². The number of hydrogen-bond acceptors (Lipinski definition) is 2. The first-order valence-corrected chi connectivity index (χ1v) is 20.3. The van der Waals surface area contributed by atoms with Crippen molar-refractivity contribution in [2.75, 3.05) is 0 Å². The van der Waals surface area contributed by atoms with Gasteiger partial charge in [-0.05, 0) is 108 Å². The molecule has 2 heterocycles. The molecule has 0 N–H and O–H groups in total. The van der Waals surface area contributed by atoms with Crippen molar-refractivity contribution in [3.63, 3.8) is 0 Å². The molecule has 0 unspecified atom stereocenters. The molecule has 0 radical (unpaired) electrons. The van der Waals surface area contributed by atoms with Crippen molar-refractivity contribution >= 4 is 43.5 Å². The smallest absolute Gasteiger partial charge is 0.143 e. The van der Waals surface area contributed by atoms with E-state index in [4.69, 9.17) is 9.15 Å². The van der Waals surface area contributed by atoms with Gasteiger partial charge in [-0.15, -0.1) is 0 Å². The molecule has 0 bridgehead atoms. The Hall–Kier alpha value is -7.68. The van der Waals surface area contributed by atoms with Crippen molar-refractivity contribution in [2.45, 2.75) is 5.41 Å². The second kappa shape index (κ2) is 12.2. The van der Waals surface area contributed by atoms with Gasteiger partial charge < -0.3 is 9.15 Å².